The van der Waals surface area contributed by atoms with Crippen LogP contribution in [0, 0.1) is 11.8 Å². The van der Waals surface area contributed by atoms with E-state index in [9.17, 15) is 0 Å². The molecule has 0 aliphatic heterocycles. The van der Waals surface area contributed by atoms with Crippen LogP contribution < -0.4 is 5.32 Å². The number of nitrogens with one attached hydrogen (secondary N) is 1. The summed E-state index contributed by atoms with van der Waals surface area (Å²) in [6, 6.07) is 8.80. The van der Waals surface area contributed by atoms with Gasteiger partial charge in [-0.25, -0.2) is 0 Å². The van der Waals surface area contributed by atoms with Crippen molar-refractivity contribution in [3.8, 4) is 0 Å². The van der Waals surface area contributed by atoms with Gasteiger partial charge in [-0.15, -0.1) is 0 Å². The van der Waals surface area contributed by atoms with Crippen LogP contribution in [0.15, 0.2) is 24.3 Å². The largest absolute Gasteiger partial charge is 0.312 e. The molecular formula is C18H30N2. The third kappa shape index (κ3) is 4.92. The van der Waals surface area contributed by atoms with Gasteiger partial charge in [-0.1, -0.05) is 44.0 Å². The number of hydrogen-bond acceptors (Lipinski definition) is 2. The molecule has 2 heteroatoms. The van der Waals surface area contributed by atoms with E-state index in [1.54, 1.807) is 0 Å². The van der Waals surface area contributed by atoms with Crippen LogP contribution in [-0.2, 0) is 13.1 Å². The molecule has 2 nitrogen and oxygen atoms in total. The monoisotopic (exact) mass is 274 g/mol. The van der Waals surface area contributed by atoms with Gasteiger partial charge >= 0.3 is 0 Å². The molecule has 20 heavy (non-hydrogen) atoms. The summed E-state index contributed by atoms with van der Waals surface area (Å²) in [6.07, 6.45) is 5.68. The first kappa shape index (κ1) is 15.5. The predicted molar refractivity (Wildman–Crippen MR) is 86.7 cm³/mol. The first-order valence-corrected chi connectivity index (χ1v) is 8.07. The van der Waals surface area contributed by atoms with E-state index < -0.39 is 0 Å². The van der Waals surface area contributed by atoms with Crippen molar-refractivity contribution in [1.29, 1.82) is 0 Å². The lowest BCUT2D eigenvalue weighted by Gasteiger charge is -2.27. The molecule has 2 unspecified atom stereocenters. The van der Waals surface area contributed by atoms with E-state index in [-0.39, 0.29) is 0 Å². The van der Waals surface area contributed by atoms with Crippen LogP contribution in [0.3, 0.4) is 0 Å². The fourth-order valence-electron chi connectivity index (χ4n) is 3.38. The van der Waals surface area contributed by atoms with E-state index in [4.69, 9.17) is 0 Å². The highest BCUT2D eigenvalue weighted by molar-refractivity contribution is 5.26. The Morgan fingerprint density at radius 1 is 1.15 bits per heavy atom. The Hall–Kier alpha value is -0.860. The molecule has 1 fully saturated rings. The third-order valence-electron chi connectivity index (χ3n) is 4.40. The van der Waals surface area contributed by atoms with Crippen LogP contribution in [0.5, 0.6) is 0 Å². The minimum atomic E-state index is 0.889. The topological polar surface area (TPSA) is 15.3 Å². The van der Waals surface area contributed by atoms with Crippen molar-refractivity contribution in [2.45, 2.75) is 45.7 Å². The zero-order valence-electron chi connectivity index (χ0n) is 13.4. The highest BCUT2D eigenvalue weighted by atomic mass is 15.0. The maximum absolute atomic E-state index is 3.69. The van der Waals surface area contributed by atoms with Gasteiger partial charge in [-0.3, -0.25) is 0 Å². The molecule has 0 spiro atoms. The summed E-state index contributed by atoms with van der Waals surface area (Å²) >= 11 is 0. The molecule has 2 rings (SSSR count). The van der Waals surface area contributed by atoms with Gasteiger partial charge in [-0.2, -0.15) is 0 Å². The molecule has 112 valence electrons. The van der Waals surface area contributed by atoms with Crippen molar-refractivity contribution >= 4 is 0 Å². The van der Waals surface area contributed by atoms with E-state index in [1.165, 1.54) is 43.4 Å². The number of rotatable bonds is 6. The fraction of sp³-hybridized carbons (Fsp3) is 0.667. The summed E-state index contributed by atoms with van der Waals surface area (Å²) in [7, 11) is 4.27. The van der Waals surface area contributed by atoms with E-state index in [1.807, 2.05) is 0 Å². The van der Waals surface area contributed by atoms with Crippen LogP contribution in [0.25, 0.3) is 0 Å². The van der Waals surface area contributed by atoms with E-state index >= 15 is 0 Å². The smallest absolute Gasteiger partial charge is 0.0230 e. The summed E-state index contributed by atoms with van der Waals surface area (Å²) in [5.41, 5.74) is 2.90. The Labute approximate surface area is 124 Å². The van der Waals surface area contributed by atoms with E-state index in [2.05, 4.69) is 55.5 Å². The van der Waals surface area contributed by atoms with Gasteiger partial charge < -0.3 is 10.2 Å². The van der Waals surface area contributed by atoms with E-state index in [0.29, 0.717) is 0 Å². The number of nitrogens with zero attached hydrogens (tertiary/aromatic N) is 1. The van der Waals surface area contributed by atoms with Crippen LogP contribution in [0.2, 0.25) is 0 Å². The summed E-state index contributed by atoms with van der Waals surface area (Å²) in [5, 5.41) is 3.69. The SMILES string of the molecule is CC1CCCC(CNCc2ccccc2CN(C)C)C1. The molecule has 2 atom stereocenters. The van der Waals surface area contributed by atoms with Gasteiger partial charge in [0.2, 0.25) is 0 Å². The average molecular weight is 274 g/mol. The number of benzene rings is 1. The molecule has 0 heterocycles. The summed E-state index contributed by atoms with van der Waals surface area (Å²) in [4.78, 5) is 2.24. The zero-order chi connectivity index (χ0) is 14.4. The lowest BCUT2D eigenvalue weighted by Crippen LogP contribution is -2.27. The highest BCUT2D eigenvalue weighted by Crippen LogP contribution is 2.28. The van der Waals surface area contributed by atoms with Crippen molar-refractivity contribution in [2.75, 3.05) is 20.6 Å². The molecule has 1 aromatic rings. The minimum absolute atomic E-state index is 0.889. The maximum atomic E-state index is 3.69. The second-order valence-electron chi connectivity index (χ2n) is 6.78. The Morgan fingerprint density at radius 3 is 2.60 bits per heavy atom. The van der Waals surface area contributed by atoms with Crippen LogP contribution in [0.1, 0.15) is 43.7 Å². The molecule has 0 aromatic heterocycles. The number of hydrogen-bond donors (Lipinski definition) is 1. The normalized spacial score (nSPS) is 23.2. The Balaban J connectivity index is 1.81. The van der Waals surface area contributed by atoms with Crippen LogP contribution in [-0.4, -0.2) is 25.5 Å². The standard InChI is InChI=1S/C18H30N2/c1-15-7-6-8-16(11-15)12-19-13-17-9-4-5-10-18(17)14-20(2)3/h4-5,9-10,15-16,19H,6-8,11-14H2,1-3H3. The first-order valence-electron chi connectivity index (χ1n) is 8.07. The van der Waals surface area contributed by atoms with Gasteiger partial charge in [0.15, 0.2) is 0 Å². The maximum Gasteiger partial charge on any atom is 0.0230 e. The quantitative estimate of drug-likeness (QED) is 0.851. The minimum Gasteiger partial charge on any atom is -0.312 e. The van der Waals surface area contributed by atoms with Crippen LogP contribution >= 0.6 is 0 Å². The van der Waals surface area contributed by atoms with E-state index in [0.717, 1.165) is 24.9 Å². The van der Waals surface area contributed by atoms with Crippen molar-refractivity contribution in [2.24, 2.45) is 11.8 Å². The highest BCUT2D eigenvalue weighted by Gasteiger charge is 2.18. The van der Waals surface area contributed by atoms with Gasteiger partial charge in [0.25, 0.3) is 0 Å². The molecule has 0 radical (unpaired) electrons. The average Bonchev–Trinajstić information content (AvgIpc) is 2.40. The second kappa shape index (κ2) is 7.80. The second-order valence-corrected chi connectivity index (χ2v) is 6.78. The fourth-order valence-corrected chi connectivity index (χ4v) is 3.38. The molecule has 1 N–H and O–H groups in total. The molecule has 1 aliphatic rings. The Morgan fingerprint density at radius 2 is 1.90 bits per heavy atom. The zero-order valence-corrected chi connectivity index (χ0v) is 13.4. The molecule has 0 bridgehead atoms. The van der Waals surface area contributed by atoms with Crippen LogP contribution in [0.4, 0.5) is 0 Å². The molecule has 1 aliphatic carbocycles. The molecular weight excluding hydrogens is 244 g/mol. The molecule has 0 amide bonds. The van der Waals surface area contributed by atoms with Crippen molar-refractivity contribution in [1.82, 2.24) is 10.2 Å². The van der Waals surface area contributed by atoms with Crippen molar-refractivity contribution in [3.63, 3.8) is 0 Å². The van der Waals surface area contributed by atoms with Gasteiger partial charge in [0.1, 0.15) is 0 Å². The summed E-state index contributed by atoms with van der Waals surface area (Å²) in [5.74, 6) is 1.82. The lowest BCUT2D eigenvalue weighted by molar-refractivity contribution is 0.274. The summed E-state index contributed by atoms with van der Waals surface area (Å²) < 4.78 is 0. The van der Waals surface area contributed by atoms with Gasteiger partial charge in [-0.05, 0) is 56.4 Å². The molecule has 0 saturated heterocycles. The lowest BCUT2D eigenvalue weighted by atomic mass is 9.82. The van der Waals surface area contributed by atoms with Gasteiger partial charge in [0, 0.05) is 13.1 Å². The predicted octanol–water partition coefficient (Wildman–Crippen LogP) is 3.66. The van der Waals surface area contributed by atoms with Crippen molar-refractivity contribution < 1.29 is 0 Å². The van der Waals surface area contributed by atoms with Crippen molar-refractivity contribution in [3.05, 3.63) is 35.4 Å². The van der Waals surface area contributed by atoms with Gasteiger partial charge in [0.05, 0.1) is 0 Å². The third-order valence-corrected chi connectivity index (χ3v) is 4.40. The molecule has 1 saturated carbocycles. The molecule has 1 aromatic carbocycles. The summed E-state index contributed by atoms with van der Waals surface area (Å²) in [6.45, 7) is 5.62. The Bertz CT molecular complexity index is 400. The Kier molecular flexibility index (Phi) is 6.06. The first-order chi connectivity index (χ1) is 9.65.